The van der Waals surface area contributed by atoms with Crippen molar-refractivity contribution in [1.82, 2.24) is 30.1 Å². The maximum absolute atomic E-state index is 14.1. The number of amides is 2. The van der Waals surface area contributed by atoms with E-state index in [1.54, 1.807) is 9.58 Å². The van der Waals surface area contributed by atoms with Gasteiger partial charge in [-0.3, -0.25) is 14.5 Å². The van der Waals surface area contributed by atoms with E-state index in [0.717, 1.165) is 44.5 Å². The molecule has 3 heterocycles. The van der Waals surface area contributed by atoms with Crippen LogP contribution in [0.4, 0.5) is 0 Å². The van der Waals surface area contributed by atoms with Crippen molar-refractivity contribution in [2.45, 2.75) is 102 Å². The summed E-state index contributed by atoms with van der Waals surface area (Å²) >= 11 is 0. The van der Waals surface area contributed by atoms with Crippen LogP contribution in [-0.2, 0) is 16.0 Å². The summed E-state index contributed by atoms with van der Waals surface area (Å²) in [4.78, 5) is 32.2. The van der Waals surface area contributed by atoms with Crippen LogP contribution in [0, 0.1) is 5.41 Å². The lowest BCUT2D eigenvalue weighted by molar-refractivity contribution is -0.144. The zero-order valence-corrected chi connectivity index (χ0v) is 23.4. The van der Waals surface area contributed by atoms with Crippen molar-refractivity contribution in [3.63, 3.8) is 0 Å². The molecule has 2 aliphatic heterocycles. The number of carbonyl (C=O) groups is 2. The predicted octanol–water partition coefficient (Wildman–Crippen LogP) is 2.97. The summed E-state index contributed by atoms with van der Waals surface area (Å²) in [5.74, 6) is 0.0610. The number of aliphatic hydroxyl groups excluding tert-OH is 1. The number of nitrogens with zero attached hydrogens (tertiary/aromatic N) is 5. The van der Waals surface area contributed by atoms with E-state index in [4.69, 9.17) is 0 Å². The zero-order chi connectivity index (χ0) is 27.3. The molecule has 2 aromatic rings. The minimum absolute atomic E-state index is 0.134. The van der Waals surface area contributed by atoms with E-state index in [-0.39, 0.29) is 36.9 Å². The lowest BCUT2D eigenvalue weighted by atomic mass is 9.83. The van der Waals surface area contributed by atoms with Crippen LogP contribution in [0.2, 0.25) is 0 Å². The van der Waals surface area contributed by atoms with Gasteiger partial charge in [-0.2, -0.15) is 0 Å². The molecule has 1 aromatic carbocycles. The molecule has 1 saturated carbocycles. The molecule has 4 unspecified atom stereocenters. The van der Waals surface area contributed by atoms with Crippen molar-refractivity contribution >= 4 is 11.8 Å². The van der Waals surface area contributed by atoms with E-state index in [9.17, 15) is 14.7 Å². The number of rotatable bonds is 6. The Balaban J connectivity index is 1.26. The molecule has 0 spiro atoms. The van der Waals surface area contributed by atoms with E-state index < -0.39 is 23.6 Å². The van der Waals surface area contributed by atoms with Crippen LogP contribution in [0.3, 0.4) is 0 Å². The first-order chi connectivity index (χ1) is 18.7. The third-order valence-corrected chi connectivity index (χ3v) is 9.10. The van der Waals surface area contributed by atoms with Gasteiger partial charge in [0.2, 0.25) is 11.8 Å². The first-order valence-electron chi connectivity index (χ1n) is 14.7. The highest BCUT2D eigenvalue weighted by atomic mass is 16.3. The molecule has 210 valence electrons. The number of fused-ring (bicyclic) bond motifs is 1. The van der Waals surface area contributed by atoms with Crippen LogP contribution in [0.15, 0.2) is 30.5 Å². The van der Waals surface area contributed by atoms with Crippen LogP contribution >= 0.6 is 0 Å². The number of benzene rings is 1. The maximum Gasteiger partial charge on any atom is 0.248 e. The Hall–Kier alpha value is -2.78. The highest BCUT2D eigenvalue weighted by Gasteiger charge is 2.46. The Bertz CT molecular complexity index is 1210. The first-order valence-corrected chi connectivity index (χ1v) is 14.7. The van der Waals surface area contributed by atoms with Crippen LogP contribution in [0.25, 0.3) is 0 Å². The third kappa shape index (κ3) is 5.23. The minimum Gasteiger partial charge on any atom is -0.391 e. The first kappa shape index (κ1) is 26.4. The van der Waals surface area contributed by atoms with Crippen molar-refractivity contribution in [2.24, 2.45) is 5.41 Å². The molecule has 2 amide bonds. The SMILES string of the molecule is CC(C)(C)[C@H](C(=O)N1CC(O)CC1C(=O)NC1c2ccccc2CCC1N1CCCC1)n1cc(C2CC2)nn1. The van der Waals surface area contributed by atoms with Crippen LogP contribution in [0.5, 0.6) is 0 Å². The number of aryl methyl sites for hydroxylation is 1. The van der Waals surface area contributed by atoms with Crippen molar-refractivity contribution in [3.8, 4) is 0 Å². The number of aliphatic hydroxyl groups is 1. The van der Waals surface area contributed by atoms with Crippen LogP contribution < -0.4 is 5.32 Å². The fourth-order valence-corrected chi connectivity index (χ4v) is 6.96. The lowest BCUT2D eigenvalue weighted by Crippen LogP contribution is -2.54. The average molecular weight is 535 g/mol. The Labute approximate surface area is 230 Å². The number of hydrogen-bond acceptors (Lipinski definition) is 6. The zero-order valence-electron chi connectivity index (χ0n) is 23.4. The van der Waals surface area contributed by atoms with Crippen molar-refractivity contribution in [2.75, 3.05) is 19.6 Å². The van der Waals surface area contributed by atoms with Gasteiger partial charge in [0.25, 0.3) is 0 Å². The smallest absolute Gasteiger partial charge is 0.248 e. The number of β-amino-alcohol motifs (C(OH)–C–C–N with tert-alkyl or cyclic N) is 1. The Kier molecular flexibility index (Phi) is 7.00. The third-order valence-electron chi connectivity index (χ3n) is 9.10. The summed E-state index contributed by atoms with van der Waals surface area (Å²) in [7, 11) is 0. The van der Waals surface area contributed by atoms with Crippen molar-refractivity contribution in [3.05, 3.63) is 47.3 Å². The van der Waals surface area contributed by atoms with Gasteiger partial charge in [0, 0.05) is 31.1 Å². The predicted molar refractivity (Wildman–Crippen MR) is 147 cm³/mol. The number of hydrogen-bond donors (Lipinski definition) is 2. The molecule has 9 nitrogen and oxygen atoms in total. The van der Waals surface area contributed by atoms with E-state index >= 15 is 0 Å². The molecule has 0 radical (unpaired) electrons. The van der Waals surface area contributed by atoms with Gasteiger partial charge in [0.05, 0.1) is 17.8 Å². The van der Waals surface area contributed by atoms with E-state index in [1.807, 2.05) is 33.0 Å². The summed E-state index contributed by atoms with van der Waals surface area (Å²) in [6.07, 6.45) is 7.99. The quantitative estimate of drug-likeness (QED) is 0.591. The molecule has 4 aliphatic rings. The summed E-state index contributed by atoms with van der Waals surface area (Å²) in [5, 5.41) is 22.7. The second-order valence-corrected chi connectivity index (χ2v) is 13.1. The largest absolute Gasteiger partial charge is 0.391 e. The summed E-state index contributed by atoms with van der Waals surface area (Å²) in [6.45, 7) is 8.28. The van der Waals surface area contributed by atoms with E-state index in [2.05, 4.69) is 38.7 Å². The minimum atomic E-state index is -0.740. The average Bonchev–Trinajstić information content (AvgIpc) is 3.26. The highest BCUT2D eigenvalue weighted by Crippen LogP contribution is 2.41. The molecular formula is C30H42N6O3. The molecular weight excluding hydrogens is 492 g/mol. The standard InChI is InChI=1S/C30H42N6O3/c1-30(2,3)27(36-18-23(32-33-36)20-10-11-20)29(39)35-17-21(37)16-25(35)28(38)31-26-22-9-5-4-8-19(22)12-13-24(26)34-14-6-7-15-34/h4-5,8-9,18,20-21,24-27,37H,6-7,10-17H2,1-3H3,(H,31,38)/t21?,24?,25?,26?,27-/m0/s1. The second-order valence-electron chi connectivity index (χ2n) is 13.1. The van der Waals surface area contributed by atoms with Crippen molar-refractivity contribution < 1.29 is 14.7 Å². The van der Waals surface area contributed by atoms with Gasteiger partial charge in [-0.05, 0) is 68.2 Å². The maximum atomic E-state index is 14.1. The number of likely N-dealkylation sites (tertiary alicyclic amines) is 2. The van der Waals surface area contributed by atoms with Gasteiger partial charge < -0.3 is 15.3 Å². The Morgan fingerprint density at radius 2 is 1.85 bits per heavy atom. The molecule has 9 heteroatoms. The van der Waals surface area contributed by atoms with Gasteiger partial charge in [0.1, 0.15) is 12.1 Å². The fourth-order valence-electron chi connectivity index (χ4n) is 6.96. The number of nitrogens with one attached hydrogen (secondary N) is 1. The number of carbonyl (C=O) groups excluding carboxylic acids is 2. The van der Waals surface area contributed by atoms with Gasteiger partial charge >= 0.3 is 0 Å². The monoisotopic (exact) mass is 534 g/mol. The van der Waals surface area contributed by atoms with Gasteiger partial charge in [-0.25, -0.2) is 4.68 Å². The summed E-state index contributed by atoms with van der Waals surface area (Å²) in [6, 6.07) is 7.15. The summed E-state index contributed by atoms with van der Waals surface area (Å²) in [5.41, 5.74) is 2.93. The highest BCUT2D eigenvalue weighted by molar-refractivity contribution is 5.90. The fraction of sp³-hybridized carbons (Fsp3) is 0.667. The van der Waals surface area contributed by atoms with E-state index in [0.29, 0.717) is 5.92 Å². The molecule has 6 rings (SSSR count). The normalized spacial score (nSPS) is 28.4. The molecule has 0 bridgehead atoms. The molecule has 2 saturated heterocycles. The van der Waals surface area contributed by atoms with Crippen LogP contribution in [0.1, 0.15) is 94.1 Å². The Morgan fingerprint density at radius 1 is 1.10 bits per heavy atom. The molecule has 5 atom stereocenters. The summed E-state index contributed by atoms with van der Waals surface area (Å²) < 4.78 is 1.68. The van der Waals surface area contributed by atoms with E-state index in [1.165, 1.54) is 24.0 Å². The topological polar surface area (TPSA) is 104 Å². The molecule has 2 N–H and O–H groups in total. The lowest BCUT2D eigenvalue weighted by Gasteiger charge is -2.40. The van der Waals surface area contributed by atoms with Crippen LogP contribution in [-0.4, -0.2) is 79.5 Å². The molecule has 39 heavy (non-hydrogen) atoms. The Morgan fingerprint density at radius 3 is 2.56 bits per heavy atom. The molecule has 1 aromatic heterocycles. The number of aromatic nitrogens is 3. The molecule has 3 fully saturated rings. The molecule has 2 aliphatic carbocycles. The van der Waals surface area contributed by atoms with Crippen molar-refractivity contribution in [1.29, 1.82) is 0 Å². The van der Waals surface area contributed by atoms with Gasteiger partial charge in [-0.15, -0.1) is 5.10 Å². The second kappa shape index (κ2) is 10.3. The van der Waals surface area contributed by atoms with Gasteiger partial charge in [0.15, 0.2) is 0 Å². The van der Waals surface area contributed by atoms with Gasteiger partial charge in [-0.1, -0.05) is 50.3 Å².